The van der Waals surface area contributed by atoms with Crippen LogP contribution < -0.4 is 5.32 Å². The van der Waals surface area contributed by atoms with Gasteiger partial charge in [0.2, 0.25) is 11.8 Å². The van der Waals surface area contributed by atoms with Crippen LogP contribution in [0.3, 0.4) is 0 Å². The van der Waals surface area contributed by atoms with Crippen LogP contribution in [0, 0.1) is 11.7 Å². The number of ether oxygens (including phenoxy) is 1. The summed E-state index contributed by atoms with van der Waals surface area (Å²) in [5.74, 6) is -1.19. The van der Waals surface area contributed by atoms with Crippen LogP contribution in [0.4, 0.5) is 10.1 Å². The number of benzene rings is 1. The van der Waals surface area contributed by atoms with Gasteiger partial charge in [-0.05, 0) is 51.9 Å². The summed E-state index contributed by atoms with van der Waals surface area (Å²) in [4.78, 5) is 40.1. The van der Waals surface area contributed by atoms with E-state index in [0.29, 0.717) is 38.2 Å². The van der Waals surface area contributed by atoms with Crippen molar-refractivity contribution in [3.05, 3.63) is 30.1 Å². The summed E-state index contributed by atoms with van der Waals surface area (Å²) < 4.78 is 18.2. The topological polar surface area (TPSA) is 79.0 Å². The van der Waals surface area contributed by atoms with Gasteiger partial charge in [-0.3, -0.25) is 19.3 Å². The van der Waals surface area contributed by atoms with Crippen molar-refractivity contribution in [1.29, 1.82) is 0 Å². The van der Waals surface area contributed by atoms with Gasteiger partial charge in [0, 0.05) is 18.8 Å². The quantitative estimate of drug-likeness (QED) is 0.716. The molecular formula is C20H28FN3O4. The van der Waals surface area contributed by atoms with Crippen LogP contribution in [0.25, 0.3) is 0 Å². The SMILES string of the molecule is CCOC(=O)C1CCN(C(=O)[C@H](C)N(C)CC(=O)Nc2cccc(F)c2)CC1. The molecular weight excluding hydrogens is 365 g/mol. The number of amides is 2. The van der Waals surface area contributed by atoms with E-state index in [1.54, 1.807) is 36.8 Å². The number of nitrogens with zero attached hydrogens (tertiary/aromatic N) is 2. The molecule has 1 fully saturated rings. The molecule has 0 aliphatic carbocycles. The summed E-state index contributed by atoms with van der Waals surface area (Å²) in [6.07, 6.45) is 1.17. The zero-order valence-electron chi connectivity index (χ0n) is 16.6. The van der Waals surface area contributed by atoms with Crippen LogP contribution in [-0.4, -0.2) is 66.9 Å². The average Bonchev–Trinajstić information content (AvgIpc) is 2.67. The van der Waals surface area contributed by atoms with E-state index in [1.165, 1.54) is 18.2 Å². The van der Waals surface area contributed by atoms with Crippen LogP contribution in [0.2, 0.25) is 0 Å². The maximum absolute atomic E-state index is 13.2. The summed E-state index contributed by atoms with van der Waals surface area (Å²) in [7, 11) is 1.69. The Balaban J connectivity index is 1.82. The van der Waals surface area contributed by atoms with Crippen molar-refractivity contribution in [2.45, 2.75) is 32.7 Å². The molecule has 1 atom stereocenters. The Labute approximate surface area is 164 Å². The molecule has 0 radical (unpaired) electrons. The summed E-state index contributed by atoms with van der Waals surface area (Å²) in [6, 6.07) is 5.16. The number of carbonyl (C=O) groups excluding carboxylic acids is 3. The van der Waals surface area contributed by atoms with Gasteiger partial charge in [-0.25, -0.2) is 4.39 Å². The van der Waals surface area contributed by atoms with Crippen LogP contribution in [0.1, 0.15) is 26.7 Å². The van der Waals surface area contributed by atoms with Crippen molar-refractivity contribution < 1.29 is 23.5 Å². The minimum absolute atomic E-state index is 0.00269. The molecule has 28 heavy (non-hydrogen) atoms. The first-order valence-corrected chi connectivity index (χ1v) is 9.53. The van der Waals surface area contributed by atoms with Crippen molar-refractivity contribution in [3.63, 3.8) is 0 Å². The van der Waals surface area contributed by atoms with Gasteiger partial charge in [0.25, 0.3) is 0 Å². The molecule has 0 unspecified atom stereocenters. The van der Waals surface area contributed by atoms with E-state index < -0.39 is 11.9 Å². The van der Waals surface area contributed by atoms with Crippen LogP contribution in [-0.2, 0) is 19.1 Å². The van der Waals surface area contributed by atoms with Crippen molar-refractivity contribution in [2.24, 2.45) is 5.92 Å². The molecule has 1 heterocycles. The monoisotopic (exact) mass is 393 g/mol. The van der Waals surface area contributed by atoms with Crippen LogP contribution in [0.5, 0.6) is 0 Å². The summed E-state index contributed by atoms with van der Waals surface area (Å²) >= 11 is 0. The maximum atomic E-state index is 13.2. The van der Waals surface area contributed by atoms with E-state index in [0.717, 1.165) is 0 Å². The number of carbonyl (C=O) groups is 3. The molecule has 1 N–H and O–H groups in total. The van der Waals surface area contributed by atoms with E-state index in [9.17, 15) is 18.8 Å². The fourth-order valence-corrected chi connectivity index (χ4v) is 3.18. The number of nitrogens with one attached hydrogen (secondary N) is 1. The van der Waals surface area contributed by atoms with Gasteiger partial charge in [0.1, 0.15) is 5.82 Å². The third-order valence-corrected chi connectivity index (χ3v) is 4.95. The second kappa shape index (κ2) is 10.2. The predicted octanol–water partition coefficient (Wildman–Crippen LogP) is 1.89. The lowest BCUT2D eigenvalue weighted by Crippen LogP contribution is -2.50. The van der Waals surface area contributed by atoms with E-state index >= 15 is 0 Å². The smallest absolute Gasteiger partial charge is 0.309 e. The lowest BCUT2D eigenvalue weighted by Gasteiger charge is -2.34. The largest absolute Gasteiger partial charge is 0.466 e. The first-order chi connectivity index (χ1) is 13.3. The number of piperidine rings is 1. The molecule has 1 aromatic carbocycles. The third kappa shape index (κ3) is 6.02. The number of anilines is 1. The Bertz CT molecular complexity index is 704. The van der Waals surface area contributed by atoms with Gasteiger partial charge in [-0.1, -0.05) is 6.07 Å². The van der Waals surface area contributed by atoms with E-state index in [-0.39, 0.29) is 30.2 Å². The van der Waals surface area contributed by atoms with E-state index in [4.69, 9.17) is 4.74 Å². The van der Waals surface area contributed by atoms with Crippen molar-refractivity contribution >= 4 is 23.5 Å². The number of halogens is 1. The summed E-state index contributed by atoms with van der Waals surface area (Å²) in [5.41, 5.74) is 0.374. The molecule has 7 nitrogen and oxygen atoms in total. The Morgan fingerprint density at radius 2 is 2.00 bits per heavy atom. The molecule has 154 valence electrons. The second-order valence-corrected chi connectivity index (χ2v) is 7.00. The van der Waals surface area contributed by atoms with Crippen LogP contribution >= 0.6 is 0 Å². The predicted molar refractivity (Wildman–Crippen MR) is 103 cm³/mol. The summed E-state index contributed by atoms with van der Waals surface area (Å²) in [6.45, 7) is 4.87. The molecule has 0 saturated carbocycles. The van der Waals surface area contributed by atoms with Gasteiger partial charge in [-0.15, -0.1) is 0 Å². The number of hydrogen-bond acceptors (Lipinski definition) is 5. The second-order valence-electron chi connectivity index (χ2n) is 7.00. The third-order valence-electron chi connectivity index (χ3n) is 4.95. The molecule has 0 aromatic heterocycles. The van der Waals surface area contributed by atoms with E-state index in [1.807, 2.05) is 0 Å². The standard InChI is InChI=1S/C20H28FN3O4/c1-4-28-20(27)15-8-10-24(11-9-15)19(26)14(2)23(3)13-18(25)22-17-7-5-6-16(21)12-17/h5-7,12,14-15H,4,8-11,13H2,1-3H3,(H,22,25)/t14-/m0/s1. The first-order valence-electron chi connectivity index (χ1n) is 9.53. The first kappa shape index (κ1) is 21.8. The molecule has 0 spiro atoms. The molecule has 1 aliphatic heterocycles. The van der Waals surface area contributed by atoms with Crippen molar-refractivity contribution in [1.82, 2.24) is 9.80 Å². The van der Waals surface area contributed by atoms with Gasteiger partial charge >= 0.3 is 5.97 Å². The molecule has 1 aromatic rings. The lowest BCUT2D eigenvalue weighted by molar-refractivity contribution is -0.152. The van der Waals surface area contributed by atoms with Gasteiger partial charge in [0.05, 0.1) is 25.1 Å². The lowest BCUT2D eigenvalue weighted by atomic mass is 9.96. The van der Waals surface area contributed by atoms with Gasteiger partial charge < -0.3 is 15.0 Å². The number of hydrogen-bond donors (Lipinski definition) is 1. The highest BCUT2D eigenvalue weighted by molar-refractivity contribution is 5.92. The molecule has 8 heteroatoms. The maximum Gasteiger partial charge on any atom is 0.309 e. The number of likely N-dealkylation sites (N-methyl/N-ethyl adjacent to an activating group) is 1. The van der Waals surface area contributed by atoms with Gasteiger partial charge in [0.15, 0.2) is 0 Å². The molecule has 2 rings (SSSR count). The molecule has 1 aliphatic rings. The zero-order chi connectivity index (χ0) is 20.7. The van der Waals surface area contributed by atoms with Crippen molar-refractivity contribution in [2.75, 3.05) is 38.6 Å². The Hall–Kier alpha value is -2.48. The Kier molecular flexibility index (Phi) is 7.92. The average molecular weight is 393 g/mol. The molecule has 1 saturated heterocycles. The highest BCUT2D eigenvalue weighted by Gasteiger charge is 2.31. The Morgan fingerprint density at radius 1 is 1.32 bits per heavy atom. The van der Waals surface area contributed by atoms with E-state index in [2.05, 4.69) is 5.32 Å². The van der Waals surface area contributed by atoms with Crippen LogP contribution in [0.15, 0.2) is 24.3 Å². The summed E-state index contributed by atoms with van der Waals surface area (Å²) in [5, 5.41) is 2.62. The minimum Gasteiger partial charge on any atom is -0.466 e. The Morgan fingerprint density at radius 3 is 2.61 bits per heavy atom. The van der Waals surface area contributed by atoms with Gasteiger partial charge in [-0.2, -0.15) is 0 Å². The highest BCUT2D eigenvalue weighted by atomic mass is 19.1. The number of rotatable bonds is 7. The van der Waals surface area contributed by atoms with Crippen molar-refractivity contribution in [3.8, 4) is 0 Å². The fraction of sp³-hybridized carbons (Fsp3) is 0.550. The number of likely N-dealkylation sites (tertiary alicyclic amines) is 1. The highest BCUT2D eigenvalue weighted by Crippen LogP contribution is 2.20. The normalized spacial score (nSPS) is 16.0. The fourth-order valence-electron chi connectivity index (χ4n) is 3.18. The molecule has 0 bridgehead atoms. The molecule has 2 amide bonds. The zero-order valence-corrected chi connectivity index (χ0v) is 16.6. The minimum atomic E-state index is -0.489. The number of esters is 1.